The minimum Gasteiger partial charge on any atom is -0.381 e. The van der Waals surface area contributed by atoms with Crippen molar-refractivity contribution < 1.29 is 8.42 Å². The van der Waals surface area contributed by atoms with Crippen LogP contribution in [-0.4, -0.2) is 60.6 Å². The number of anilines is 1. The number of nitrogen functional groups attached to an aromatic ring is 1. The highest BCUT2D eigenvalue weighted by Gasteiger charge is 2.33. The van der Waals surface area contributed by atoms with Gasteiger partial charge in [0.2, 0.25) is 10.0 Å². The third-order valence-electron chi connectivity index (χ3n) is 3.91. The average Bonchev–Trinajstić information content (AvgIpc) is 2.81. The van der Waals surface area contributed by atoms with E-state index in [0.717, 1.165) is 19.3 Å². The van der Waals surface area contributed by atoms with Gasteiger partial charge in [-0.2, -0.15) is 9.40 Å². The van der Waals surface area contributed by atoms with Crippen LogP contribution < -0.4 is 5.73 Å². The van der Waals surface area contributed by atoms with Crippen molar-refractivity contribution in [2.24, 2.45) is 0 Å². The first-order chi connectivity index (χ1) is 9.86. The second kappa shape index (κ2) is 6.33. The Kier molecular flexibility index (Phi) is 4.90. The topological polar surface area (TPSA) is 84.5 Å². The van der Waals surface area contributed by atoms with Gasteiger partial charge in [-0.15, -0.1) is 0 Å². The molecule has 0 spiro atoms. The highest BCUT2D eigenvalue weighted by molar-refractivity contribution is 7.89. The predicted molar refractivity (Wildman–Crippen MR) is 82.4 cm³/mol. The van der Waals surface area contributed by atoms with Crippen molar-refractivity contribution in [2.45, 2.75) is 43.7 Å². The molecule has 1 aromatic rings. The molecule has 0 aliphatic carbocycles. The Morgan fingerprint density at radius 1 is 1.48 bits per heavy atom. The number of likely N-dealkylation sites (N-methyl/N-ethyl adjacent to an activating group) is 1. The molecule has 1 aliphatic rings. The SMILES string of the molecule is CCCn1cc(S(=O)(=O)N2CCCC(N(C)C)C2)c(N)n1. The summed E-state index contributed by atoms with van der Waals surface area (Å²) < 4.78 is 28.7. The minimum absolute atomic E-state index is 0.0930. The maximum Gasteiger partial charge on any atom is 0.248 e. The van der Waals surface area contributed by atoms with Crippen LogP contribution in [-0.2, 0) is 16.6 Å². The molecule has 1 saturated heterocycles. The van der Waals surface area contributed by atoms with Crippen molar-refractivity contribution >= 4 is 15.8 Å². The zero-order valence-electron chi connectivity index (χ0n) is 13.0. The zero-order valence-corrected chi connectivity index (χ0v) is 13.8. The lowest BCUT2D eigenvalue weighted by atomic mass is 10.1. The van der Waals surface area contributed by atoms with E-state index in [1.54, 1.807) is 10.9 Å². The zero-order chi connectivity index (χ0) is 15.6. The number of piperidine rings is 1. The van der Waals surface area contributed by atoms with E-state index < -0.39 is 10.0 Å². The molecule has 1 fully saturated rings. The van der Waals surface area contributed by atoms with Gasteiger partial charge in [0.25, 0.3) is 0 Å². The molecule has 2 N–H and O–H groups in total. The highest BCUT2D eigenvalue weighted by Crippen LogP contribution is 2.25. The average molecular weight is 315 g/mol. The highest BCUT2D eigenvalue weighted by atomic mass is 32.2. The fourth-order valence-corrected chi connectivity index (χ4v) is 4.24. The normalized spacial score (nSPS) is 21.0. The molecule has 2 heterocycles. The van der Waals surface area contributed by atoms with Crippen LogP contribution in [0.2, 0.25) is 0 Å². The summed E-state index contributed by atoms with van der Waals surface area (Å²) in [7, 11) is 0.403. The molecule has 1 unspecified atom stereocenters. The molecule has 0 aromatic carbocycles. The van der Waals surface area contributed by atoms with Crippen molar-refractivity contribution in [2.75, 3.05) is 32.9 Å². The Bertz CT molecular complexity index is 581. The summed E-state index contributed by atoms with van der Waals surface area (Å²) >= 11 is 0. The van der Waals surface area contributed by atoms with Crippen LogP contribution >= 0.6 is 0 Å². The Balaban J connectivity index is 2.25. The third-order valence-corrected chi connectivity index (χ3v) is 5.80. The summed E-state index contributed by atoms with van der Waals surface area (Å²) in [5, 5.41) is 4.09. The standard InChI is InChI=1S/C13H25N5O2S/c1-4-7-17-10-12(13(14)15-17)21(19,20)18-8-5-6-11(9-18)16(2)3/h10-11H,4-9H2,1-3H3,(H2,14,15). The molecular weight excluding hydrogens is 290 g/mol. The molecular formula is C13H25N5O2S. The van der Waals surface area contributed by atoms with Gasteiger partial charge in [-0.25, -0.2) is 8.42 Å². The van der Waals surface area contributed by atoms with Crippen LogP contribution in [0.3, 0.4) is 0 Å². The summed E-state index contributed by atoms with van der Waals surface area (Å²) in [6, 6.07) is 0.250. The van der Waals surface area contributed by atoms with Crippen LogP contribution in [0.1, 0.15) is 26.2 Å². The molecule has 7 nitrogen and oxygen atoms in total. The molecule has 8 heteroatoms. The van der Waals surface area contributed by atoms with E-state index in [0.29, 0.717) is 19.6 Å². The molecule has 1 aromatic heterocycles. The minimum atomic E-state index is -3.56. The summed E-state index contributed by atoms with van der Waals surface area (Å²) in [6.45, 7) is 3.73. The summed E-state index contributed by atoms with van der Waals surface area (Å²) in [6.07, 6.45) is 4.31. The number of rotatable bonds is 5. The van der Waals surface area contributed by atoms with Gasteiger partial charge in [-0.3, -0.25) is 4.68 Å². The predicted octanol–water partition coefficient (Wildman–Crippen LogP) is 0.590. The van der Waals surface area contributed by atoms with E-state index in [-0.39, 0.29) is 16.8 Å². The van der Waals surface area contributed by atoms with Crippen molar-refractivity contribution in [3.8, 4) is 0 Å². The number of sulfonamides is 1. The Labute approximate surface area is 126 Å². The molecule has 0 amide bonds. The van der Waals surface area contributed by atoms with Crippen molar-refractivity contribution in [1.82, 2.24) is 19.0 Å². The Hall–Kier alpha value is -1.12. The largest absolute Gasteiger partial charge is 0.381 e. The molecule has 0 bridgehead atoms. The third kappa shape index (κ3) is 3.38. The van der Waals surface area contributed by atoms with E-state index in [1.165, 1.54) is 4.31 Å². The molecule has 1 atom stereocenters. The van der Waals surface area contributed by atoms with E-state index >= 15 is 0 Å². The molecule has 0 saturated carbocycles. The first-order valence-electron chi connectivity index (χ1n) is 7.35. The van der Waals surface area contributed by atoms with Crippen molar-refractivity contribution in [3.63, 3.8) is 0 Å². The monoisotopic (exact) mass is 315 g/mol. The Morgan fingerprint density at radius 2 is 2.19 bits per heavy atom. The number of aromatic nitrogens is 2. The number of aryl methyl sites for hydroxylation is 1. The van der Waals surface area contributed by atoms with Gasteiger partial charge in [0.1, 0.15) is 4.90 Å². The van der Waals surface area contributed by atoms with Crippen molar-refractivity contribution in [3.05, 3.63) is 6.20 Å². The van der Waals surface area contributed by atoms with Crippen LogP contribution in [0, 0.1) is 0 Å². The Morgan fingerprint density at radius 3 is 2.81 bits per heavy atom. The summed E-state index contributed by atoms with van der Waals surface area (Å²) in [5.74, 6) is 0.0930. The fraction of sp³-hybridized carbons (Fsp3) is 0.769. The molecule has 1 aliphatic heterocycles. The number of nitrogens with two attached hydrogens (primary N) is 1. The molecule has 2 rings (SSSR count). The van der Waals surface area contributed by atoms with Gasteiger partial charge in [0.05, 0.1) is 0 Å². The number of hydrogen-bond donors (Lipinski definition) is 1. The lowest BCUT2D eigenvalue weighted by Gasteiger charge is -2.35. The van der Waals surface area contributed by atoms with Crippen molar-refractivity contribution in [1.29, 1.82) is 0 Å². The van der Waals surface area contributed by atoms with E-state index in [9.17, 15) is 8.42 Å². The first-order valence-corrected chi connectivity index (χ1v) is 8.79. The lowest BCUT2D eigenvalue weighted by Crippen LogP contribution is -2.47. The summed E-state index contributed by atoms with van der Waals surface area (Å²) in [5.41, 5.74) is 5.81. The van der Waals surface area contributed by atoms with E-state index in [2.05, 4.69) is 10.00 Å². The van der Waals surface area contributed by atoms with Gasteiger partial charge < -0.3 is 10.6 Å². The smallest absolute Gasteiger partial charge is 0.248 e. The van der Waals surface area contributed by atoms with Gasteiger partial charge in [0.15, 0.2) is 5.82 Å². The first kappa shape index (κ1) is 16.3. The lowest BCUT2D eigenvalue weighted by molar-refractivity contribution is 0.190. The quantitative estimate of drug-likeness (QED) is 0.859. The molecule has 21 heavy (non-hydrogen) atoms. The maximum absolute atomic E-state index is 12.8. The molecule has 120 valence electrons. The van der Waals surface area contributed by atoms with Gasteiger partial charge in [-0.05, 0) is 33.4 Å². The van der Waals surface area contributed by atoms with Crippen LogP contribution in [0.15, 0.2) is 11.1 Å². The van der Waals surface area contributed by atoms with Gasteiger partial charge >= 0.3 is 0 Å². The second-order valence-corrected chi connectivity index (χ2v) is 7.67. The van der Waals surface area contributed by atoms with E-state index in [4.69, 9.17) is 5.73 Å². The van der Waals surface area contributed by atoms with E-state index in [1.807, 2.05) is 21.0 Å². The van der Waals surface area contributed by atoms with Crippen LogP contribution in [0.5, 0.6) is 0 Å². The van der Waals surface area contributed by atoms with Crippen LogP contribution in [0.4, 0.5) is 5.82 Å². The molecule has 0 radical (unpaired) electrons. The van der Waals surface area contributed by atoms with Gasteiger partial charge in [-0.1, -0.05) is 6.92 Å². The van der Waals surface area contributed by atoms with Crippen LogP contribution in [0.25, 0.3) is 0 Å². The number of nitrogens with zero attached hydrogens (tertiary/aromatic N) is 4. The summed E-state index contributed by atoms with van der Waals surface area (Å²) in [4.78, 5) is 2.21. The second-order valence-electron chi connectivity index (χ2n) is 5.76. The maximum atomic E-state index is 12.8. The fourth-order valence-electron chi connectivity index (χ4n) is 2.66. The number of hydrogen-bond acceptors (Lipinski definition) is 5. The van der Waals surface area contributed by atoms with Gasteiger partial charge in [0, 0.05) is 31.9 Å².